The van der Waals surface area contributed by atoms with E-state index in [0.29, 0.717) is 12.5 Å². The predicted molar refractivity (Wildman–Crippen MR) is 94.5 cm³/mol. The lowest BCUT2D eigenvalue weighted by atomic mass is 9.84. The van der Waals surface area contributed by atoms with Crippen LogP contribution >= 0.6 is 0 Å². The number of aromatic nitrogens is 1. The first-order chi connectivity index (χ1) is 11.8. The third kappa shape index (κ3) is 4.12. The zero-order valence-electron chi connectivity index (χ0n) is 13.8. The summed E-state index contributed by atoms with van der Waals surface area (Å²) >= 11 is 0. The Balaban J connectivity index is 1.53. The summed E-state index contributed by atoms with van der Waals surface area (Å²) < 4.78 is 0. The van der Waals surface area contributed by atoms with Crippen molar-refractivity contribution >= 4 is 0 Å². The smallest absolute Gasteiger partial charge is 0.252 e. The molecule has 1 saturated heterocycles. The summed E-state index contributed by atoms with van der Waals surface area (Å²) in [5.74, 6) is 0.569. The first kappa shape index (κ1) is 16.5. The average molecular weight is 321 g/mol. The molecule has 1 aromatic heterocycles. The molecule has 0 saturated carbocycles. The maximum Gasteiger partial charge on any atom is 0.252 e. The molecule has 4 heteroatoms. The Labute approximate surface area is 142 Å². The van der Waals surface area contributed by atoms with Gasteiger partial charge in [-0.15, -0.1) is 0 Å². The van der Waals surface area contributed by atoms with Gasteiger partial charge in [-0.1, -0.05) is 36.4 Å². The zero-order chi connectivity index (χ0) is 16.8. The van der Waals surface area contributed by atoms with Gasteiger partial charge in [0.15, 0.2) is 0 Å². The standard InChI is InChI=1S/C20H23N3O/c21-14-19(17-5-2-1-3-6-17)13-16-8-11-23(12-9-16)15-18-7-4-10-22-20(18)24/h1-7,10,16,19H,8-9,11-13,15H2,(H,22,24). The second-order valence-corrected chi connectivity index (χ2v) is 6.57. The van der Waals surface area contributed by atoms with E-state index in [2.05, 4.69) is 16.0 Å². The Bertz CT molecular complexity index is 739. The summed E-state index contributed by atoms with van der Waals surface area (Å²) in [6.45, 7) is 2.70. The van der Waals surface area contributed by atoms with Gasteiger partial charge in [-0.3, -0.25) is 9.69 Å². The Morgan fingerprint density at radius 1 is 1.17 bits per heavy atom. The molecule has 4 nitrogen and oxygen atoms in total. The quantitative estimate of drug-likeness (QED) is 0.919. The predicted octanol–water partition coefficient (Wildman–Crippen LogP) is 3.28. The maximum absolute atomic E-state index is 11.8. The summed E-state index contributed by atoms with van der Waals surface area (Å²) in [5, 5.41) is 9.49. The van der Waals surface area contributed by atoms with Gasteiger partial charge in [-0.05, 0) is 49.9 Å². The van der Waals surface area contributed by atoms with Gasteiger partial charge in [-0.25, -0.2) is 0 Å². The molecule has 0 bridgehead atoms. The summed E-state index contributed by atoms with van der Waals surface area (Å²) in [4.78, 5) is 16.9. The van der Waals surface area contributed by atoms with E-state index in [1.165, 1.54) is 0 Å². The molecular weight excluding hydrogens is 298 g/mol. The largest absolute Gasteiger partial charge is 0.329 e. The molecule has 1 unspecified atom stereocenters. The average Bonchev–Trinajstić information content (AvgIpc) is 2.64. The van der Waals surface area contributed by atoms with E-state index in [4.69, 9.17) is 0 Å². The highest BCUT2D eigenvalue weighted by molar-refractivity contribution is 5.24. The van der Waals surface area contributed by atoms with Crippen molar-refractivity contribution in [2.75, 3.05) is 13.1 Å². The highest BCUT2D eigenvalue weighted by Crippen LogP contribution is 2.29. The Kier molecular flexibility index (Phi) is 5.45. The van der Waals surface area contributed by atoms with E-state index in [1.54, 1.807) is 6.20 Å². The number of pyridine rings is 1. The van der Waals surface area contributed by atoms with Gasteiger partial charge >= 0.3 is 0 Å². The number of aromatic amines is 1. The van der Waals surface area contributed by atoms with Gasteiger partial charge < -0.3 is 4.98 Å². The molecule has 124 valence electrons. The Morgan fingerprint density at radius 3 is 2.58 bits per heavy atom. The lowest BCUT2D eigenvalue weighted by molar-refractivity contribution is 0.170. The number of hydrogen-bond acceptors (Lipinski definition) is 3. The number of rotatable bonds is 5. The number of piperidine rings is 1. The molecule has 0 aliphatic carbocycles. The zero-order valence-corrected chi connectivity index (χ0v) is 13.8. The Hall–Kier alpha value is -2.38. The van der Waals surface area contributed by atoms with Crippen LogP contribution in [0.15, 0.2) is 53.5 Å². The molecule has 1 aromatic carbocycles. The summed E-state index contributed by atoms with van der Waals surface area (Å²) in [6.07, 6.45) is 4.79. The summed E-state index contributed by atoms with van der Waals surface area (Å²) in [7, 11) is 0. The van der Waals surface area contributed by atoms with E-state index >= 15 is 0 Å². The lowest BCUT2D eigenvalue weighted by Gasteiger charge is -2.32. The Morgan fingerprint density at radius 2 is 1.92 bits per heavy atom. The minimum Gasteiger partial charge on any atom is -0.329 e. The van der Waals surface area contributed by atoms with E-state index in [0.717, 1.165) is 43.5 Å². The van der Waals surface area contributed by atoms with Crippen LogP contribution in [0.25, 0.3) is 0 Å². The fourth-order valence-electron chi connectivity index (χ4n) is 3.48. The number of H-pyrrole nitrogens is 1. The monoisotopic (exact) mass is 321 g/mol. The topological polar surface area (TPSA) is 59.9 Å². The number of nitrogens with zero attached hydrogens (tertiary/aromatic N) is 2. The van der Waals surface area contributed by atoms with Crippen LogP contribution in [-0.4, -0.2) is 23.0 Å². The van der Waals surface area contributed by atoms with Crippen LogP contribution < -0.4 is 5.56 Å². The molecule has 1 fully saturated rings. The summed E-state index contributed by atoms with van der Waals surface area (Å²) in [5.41, 5.74) is 1.96. The molecule has 1 N–H and O–H groups in total. The van der Waals surface area contributed by atoms with Crippen LogP contribution in [0.2, 0.25) is 0 Å². The minimum atomic E-state index is -0.0142. The third-order valence-corrected chi connectivity index (χ3v) is 4.93. The van der Waals surface area contributed by atoms with Crippen LogP contribution in [-0.2, 0) is 6.54 Å². The second-order valence-electron chi connectivity index (χ2n) is 6.57. The molecule has 0 amide bonds. The van der Waals surface area contributed by atoms with Crippen LogP contribution in [0.1, 0.15) is 36.3 Å². The van der Waals surface area contributed by atoms with Crippen molar-refractivity contribution in [3.05, 3.63) is 70.1 Å². The fraction of sp³-hybridized carbons (Fsp3) is 0.400. The molecular formula is C20H23N3O. The molecule has 1 atom stereocenters. The van der Waals surface area contributed by atoms with Crippen molar-refractivity contribution < 1.29 is 0 Å². The van der Waals surface area contributed by atoms with Crippen molar-refractivity contribution in [1.29, 1.82) is 5.26 Å². The van der Waals surface area contributed by atoms with Gasteiger partial charge in [-0.2, -0.15) is 5.26 Å². The molecule has 0 spiro atoms. The molecule has 1 aliphatic heterocycles. The highest BCUT2D eigenvalue weighted by atomic mass is 16.1. The highest BCUT2D eigenvalue weighted by Gasteiger charge is 2.23. The lowest BCUT2D eigenvalue weighted by Crippen LogP contribution is -2.35. The SMILES string of the molecule is N#CC(CC1CCN(Cc2ccc[nH]c2=O)CC1)c1ccccc1. The first-order valence-corrected chi connectivity index (χ1v) is 8.60. The third-order valence-electron chi connectivity index (χ3n) is 4.93. The van der Waals surface area contributed by atoms with Crippen molar-refractivity contribution in [3.63, 3.8) is 0 Å². The molecule has 0 radical (unpaired) electrons. The molecule has 1 aliphatic rings. The number of nitriles is 1. The van der Waals surface area contributed by atoms with Crippen LogP contribution in [0, 0.1) is 17.2 Å². The van der Waals surface area contributed by atoms with E-state index in [9.17, 15) is 10.1 Å². The summed E-state index contributed by atoms with van der Waals surface area (Å²) in [6, 6.07) is 16.3. The van der Waals surface area contributed by atoms with Crippen LogP contribution in [0.3, 0.4) is 0 Å². The van der Waals surface area contributed by atoms with Gasteiger partial charge in [0, 0.05) is 18.3 Å². The minimum absolute atomic E-state index is 0.00763. The second kappa shape index (κ2) is 7.94. The van der Waals surface area contributed by atoms with Crippen molar-refractivity contribution in [2.24, 2.45) is 5.92 Å². The molecule has 3 rings (SSSR count). The van der Waals surface area contributed by atoms with Gasteiger partial charge in [0.2, 0.25) is 0 Å². The number of nitrogens with one attached hydrogen (secondary N) is 1. The van der Waals surface area contributed by atoms with Crippen LogP contribution in [0.4, 0.5) is 0 Å². The first-order valence-electron chi connectivity index (χ1n) is 8.60. The maximum atomic E-state index is 11.8. The number of benzene rings is 1. The van der Waals surface area contributed by atoms with Crippen molar-refractivity contribution in [1.82, 2.24) is 9.88 Å². The molecule has 2 heterocycles. The van der Waals surface area contributed by atoms with Gasteiger partial charge in [0.05, 0.1) is 12.0 Å². The molecule has 24 heavy (non-hydrogen) atoms. The van der Waals surface area contributed by atoms with Gasteiger partial charge in [0.1, 0.15) is 0 Å². The molecule has 2 aromatic rings. The van der Waals surface area contributed by atoms with E-state index < -0.39 is 0 Å². The number of likely N-dealkylation sites (tertiary alicyclic amines) is 1. The number of hydrogen-bond donors (Lipinski definition) is 1. The van der Waals surface area contributed by atoms with E-state index in [-0.39, 0.29) is 11.5 Å². The fourth-order valence-corrected chi connectivity index (χ4v) is 3.48. The normalized spacial score (nSPS) is 17.3. The van der Waals surface area contributed by atoms with Gasteiger partial charge in [0.25, 0.3) is 5.56 Å². The van der Waals surface area contributed by atoms with E-state index in [1.807, 2.05) is 42.5 Å². The van der Waals surface area contributed by atoms with Crippen LogP contribution in [0.5, 0.6) is 0 Å². The van der Waals surface area contributed by atoms with Crippen molar-refractivity contribution in [2.45, 2.75) is 31.7 Å². The van der Waals surface area contributed by atoms with Crippen molar-refractivity contribution in [3.8, 4) is 6.07 Å².